The number of nitrogen functional groups attached to an aromatic ring is 1. The fraction of sp³-hybridized carbons (Fsp3) is 0.0667. The summed E-state index contributed by atoms with van der Waals surface area (Å²) in [6.07, 6.45) is 4.71. The topological polar surface area (TPSA) is 102 Å². The average Bonchev–Trinajstić information content (AvgIpc) is 2.55. The molecular weight excluding hydrogens is 314 g/mol. The van der Waals surface area contributed by atoms with Crippen molar-refractivity contribution in [2.45, 2.75) is 6.92 Å². The van der Waals surface area contributed by atoms with Gasteiger partial charge in [0.25, 0.3) is 0 Å². The summed E-state index contributed by atoms with van der Waals surface area (Å²) >= 11 is 6.03. The highest BCUT2D eigenvalue weighted by atomic mass is 35.5. The average molecular weight is 328 g/mol. The molecule has 7 nitrogen and oxygen atoms in total. The van der Waals surface area contributed by atoms with Gasteiger partial charge in [-0.1, -0.05) is 17.7 Å². The summed E-state index contributed by atoms with van der Waals surface area (Å²) in [7, 11) is 0. The van der Waals surface area contributed by atoms with Crippen LogP contribution >= 0.6 is 11.6 Å². The molecule has 0 aromatic carbocycles. The van der Waals surface area contributed by atoms with Crippen LogP contribution in [0, 0.1) is 6.92 Å². The fourth-order valence-corrected chi connectivity index (χ4v) is 2.10. The normalized spacial score (nSPS) is 10.3. The molecule has 3 rings (SSSR count). The number of hydrogen-bond acceptors (Lipinski definition) is 7. The highest BCUT2D eigenvalue weighted by molar-refractivity contribution is 6.32. The lowest BCUT2D eigenvalue weighted by Crippen LogP contribution is -2.06. The Hall–Kier alpha value is -2.93. The van der Waals surface area contributed by atoms with Gasteiger partial charge in [-0.2, -0.15) is 0 Å². The summed E-state index contributed by atoms with van der Waals surface area (Å²) in [5.41, 5.74) is 8.09. The summed E-state index contributed by atoms with van der Waals surface area (Å²) in [5.74, 6) is 1.58. The van der Waals surface area contributed by atoms with Crippen LogP contribution in [0.25, 0.3) is 0 Å². The van der Waals surface area contributed by atoms with Crippen LogP contribution in [0.4, 0.5) is 28.8 Å². The minimum atomic E-state index is 0.334. The molecule has 4 N–H and O–H groups in total. The third-order valence-corrected chi connectivity index (χ3v) is 3.44. The van der Waals surface area contributed by atoms with Crippen LogP contribution in [0.1, 0.15) is 5.56 Å². The van der Waals surface area contributed by atoms with E-state index in [4.69, 9.17) is 17.3 Å². The van der Waals surface area contributed by atoms with Gasteiger partial charge in [0.2, 0.25) is 0 Å². The van der Waals surface area contributed by atoms with E-state index in [0.29, 0.717) is 34.0 Å². The highest BCUT2D eigenvalue weighted by Crippen LogP contribution is 2.30. The van der Waals surface area contributed by atoms with Gasteiger partial charge in [-0.3, -0.25) is 0 Å². The SMILES string of the molecule is Cc1cccnc1Nc1ncnc(Nc2cccnc2Cl)c1N. The number of hydrogen-bond donors (Lipinski definition) is 3. The molecule has 0 saturated heterocycles. The first-order valence-electron chi connectivity index (χ1n) is 6.82. The second kappa shape index (κ2) is 6.45. The van der Waals surface area contributed by atoms with Crippen molar-refractivity contribution in [3.63, 3.8) is 0 Å². The van der Waals surface area contributed by atoms with Gasteiger partial charge in [0.1, 0.15) is 17.8 Å². The first-order valence-corrected chi connectivity index (χ1v) is 7.19. The number of nitrogens with two attached hydrogens (primary N) is 1. The van der Waals surface area contributed by atoms with E-state index >= 15 is 0 Å². The van der Waals surface area contributed by atoms with Crippen LogP contribution in [0.5, 0.6) is 0 Å². The second-order valence-electron chi connectivity index (χ2n) is 4.75. The maximum atomic E-state index is 6.14. The van der Waals surface area contributed by atoms with Gasteiger partial charge in [0.15, 0.2) is 16.8 Å². The molecule has 0 spiro atoms. The Morgan fingerprint density at radius 1 is 0.913 bits per heavy atom. The van der Waals surface area contributed by atoms with Crippen LogP contribution in [0.2, 0.25) is 5.15 Å². The third kappa shape index (κ3) is 3.29. The number of nitrogens with zero attached hydrogens (tertiary/aromatic N) is 4. The monoisotopic (exact) mass is 327 g/mol. The molecule has 3 aromatic rings. The van der Waals surface area contributed by atoms with Crippen molar-refractivity contribution in [2.24, 2.45) is 0 Å². The van der Waals surface area contributed by atoms with Gasteiger partial charge in [-0.05, 0) is 30.7 Å². The largest absolute Gasteiger partial charge is 0.393 e. The zero-order valence-electron chi connectivity index (χ0n) is 12.3. The molecule has 0 amide bonds. The van der Waals surface area contributed by atoms with E-state index < -0.39 is 0 Å². The molecule has 0 saturated carbocycles. The van der Waals surface area contributed by atoms with Crippen LogP contribution in [0.3, 0.4) is 0 Å². The highest BCUT2D eigenvalue weighted by Gasteiger charge is 2.11. The molecule has 116 valence electrons. The van der Waals surface area contributed by atoms with Crippen molar-refractivity contribution < 1.29 is 0 Å². The lowest BCUT2D eigenvalue weighted by molar-refractivity contribution is 1.15. The second-order valence-corrected chi connectivity index (χ2v) is 5.10. The molecule has 23 heavy (non-hydrogen) atoms. The summed E-state index contributed by atoms with van der Waals surface area (Å²) < 4.78 is 0. The maximum Gasteiger partial charge on any atom is 0.160 e. The summed E-state index contributed by atoms with van der Waals surface area (Å²) in [5, 5.41) is 6.49. The van der Waals surface area contributed by atoms with Crippen LogP contribution in [-0.4, -0.2) is 19.9 Å². The van der Waals surface area contributed by atoms with Gasteiger partial charge in [-0.15, -0.1) is 0 Å². The molecule has 0 atom stereocenters. The van der Waals surface area contributed by atoms with Crippen LogP contribution in [0.15, 0.2) is 43.0 Å². The number of halogens is 1. The zero-order valence-corrected chi connectivity index (χ0v) is 13.0. The van der Waals surface area contributed by atoms with E-state index in [1.165, 1.54) is 6.33 Å². The molecule has 0 radical (unpaired) electrons. The molecule has 3 aromatic heterocycles. The predicted octanol–water partition coefficient (Wildman–Crippen LogP) is 3.30. The van der Waals surface area contributed by atoms with Crippen LogP contribution < -0.4 is 16.4 Å². The smallest absolute Gasteiger partial charge is 0.160 e. The zero-order chi connectivity index (χ0) is 16.2. The summed E-state index contributed by atoms with van der Waals surface area (Å²) in [6.45, 7) is 1.95. The van der Waals surface area contributed by atoms with Gasteiger partial charge in [0, 0.05) is 12.4 Å². The van der Waals surface area contributed by atoms with Crippen molar-refractivity contribution in [3.05, 3.63) is 53.7 Å². The Labute approximate surface area is 138 Å². The van der Waals surface area contributed by atoms with E-state index in [1.807, 2.05) is 19.1 Å². The Morgan fingerprint density at radius 2 is 1.61 bits per heavy atom. The molecule has 0 unspecified atom stereocenters. The van der Waals surface area contributed by atoms with Gasteiger partial charge in [-0.25, -0.2) is 19.9 Å². The molecule has 0 bridgehead atoms. The fourth-order valence-electron chi connectivity index (χ4n) is 1.93. The minimum absolute atomic E-state index is 0.334. The van der Waals surface area contributed by atoms with E-state index in [-0.39, 0.29) is 0 Å². The lowest BCUT2D eigenvalue weighted by Gasteiger charge is -2.13. The Kier molecular flexibility index (Phi) is 4.20. The standard InChI is InChI=1S/C15H14ClN7/c1-9-4-2-7-19-13(9)23-15-11(17)14(20-8-21-15)22-10-5-3-6-18-12(10)16/h2-8H,17H2,1H3,(H2,19,20,21,22,23). The third-order valence-electron chi connectivity index (χ3n) is 3.14. The van der Waals surface area contributed by atoms with Gasteiger partial charge >= 0.3 is 0 Å². The number of aryl methyl sites for hydroxylation is 1. The quantitative estimate of drug-likeness (QED) is 0.632. The number of aromatic nitrogens is 4. The molecule has 3 heterocycles. The first-order chi connectivity index (χ1) is 11.1. The lowest BCUT2D eigenvalue weighted by atomic mass is 10.3. The Bertz CT molecular complexity index is 772. The van der Waals surface area contributed by atoms with E-state index in [2.05, 4.69) is 30.6 Å². The van der Waals surface area contributed by atoms with E-state index in [1.54, 1.807) is 24.5 Å². The number of nitrogens with one attached hydrogen (secondary N) is 2. The molecule has 8 heteroatoms. The molecule has 0 aliphatic heterocycles. The number of anilines is 5. The van der Waals surface area contributed by atoms with Gasteiger partial charge < -0.3 is 16.4 Å². The molecular formula is C15H14ClN7. The summed E-state index contributed by atoms with van der Waals surface area (Å²) in [6, 6.07) is 7.36. The van der Waals surface area contributed by atoms with Crippen molar-refractivity contribution >= 4 is 40.4 Å². The Morgan fingerprint density at radius 3 is 2.35 bits per heavy atom. The predicted molar refractivity (Wildman–Crippen MR) is 91.2 cm³/mol. The molecule has 0 fully saturated rings. The van der Waals surface area contributed by atoms with E-state index in [9.17, 15) is 0 Å². The Balaban J connectivity index is 1.90. The van der Waals surface area contributed by atoms with Gasteiger partial charge in [0.05, 0.1) is 5.69 Å². The number of pyridine rings is 2. The van der Waals surface area contributed by atoms with Crippen molar-refractivity contribution in [2.75, 3.05) is 16.4 Å². The molecule has 0 aliphatic rings. The number of rotatable bonds is 4. The van der Waals surface area contributed by atoms with Crippen molar-refractivity contribution in [1.29, 1.82) is 0 Å². The maximum absolute atomic E-state index is 6.14. The first kappa shape index (κ1) is 15.0. The van der Waals surface area contributed by atoms with Crippen LogP contribution in [-0.2, 0) is 0 Å². The molecule has 0 aliphatic carbocycles. The van der Waals surface area contributed by atoms with Crippen molar-refractivity contribution in [1.82, 2.24) is 19.9 Å². The summed E-state index contributed by atoms with van der Waals surface area (Å²) in [4.78, 5) is 16.6. The van der Waals surface area contributed by atoms with E-state index in [0.717, 1.165) is 5.56 Å². The minimum Gasteiger partial charge on any atom is -0.393 e. The van der Waals surface area contributed by atoms with Crippen molar-refractivity contribution in [3.8, 4) is 0 Å².